The lowest BCUT2D eigenvalue weighted by molar-refractivity contribution is 1.22. The van der Waals surface area contributed by atoms with E-state index in [4.69, 9.17) is 11.6 Å². The largest absolute Gasteiger partial charge is 0.228 e. The topological polar surface area (TPSA) is 12.9 Å². The third-order valence-electron chi connectivity index (χ3n) is 1.07. The van der Waals surface area contributed by atoms with E-state index >= 15 is 0 Å². The molecule has 0 spiro atoms. The summed E-state index contributed by atoms with van der Waals surface area (Å²) in [6, 6.07) is 1.94. The van der Waals surface area contributed by atoms with Gasteiger partial charge in [0.2, 0.25) is 0 Å². The molecular formula is C6H4BrClIN. The van der Waals surface area contributed by atoms with Crippen molar-refractivity contribution in [1.29, 1.82) is 0 Å². The van der Waals surface area contributed by atoms with Gasteiger partial charge >= 0.3 is 0 Å². The van der Waals surface area contributed by atoms with Gasteiger partial charge in [0.25, 0.3) is 0 Å². The molecule has 0 aliphatic heterocycles. The van der Waals surface area contributed by atoms with Gasteiger partial charge in [0, 0.05) is 0 Å². The molecule has 1 nitrogen and oxygen atoms in total. The molecule has 0 bridgehead atoms. The molecule has 0 saturated carbocycles. The van der Waals surface area contributed by atoms with Gasteiger partial charge in [0.05, 0.1) is 3.57 Å². The van der Waals surface area contributed by atoms with Crippen LogP contribution < -0.4 is 0 Å². The predicted octanol–water partition coefficient (Wildman–Crippen LogP) is 3.41. The summed E-state index contributed by atoms with van der Waals surface area (Å²) in [5.74, 6) is 0. The maximum absolute atomic E-state index is 5.77. The maximum atomic E-state index is 5.77. The molecule has 0 aromatic carbocycles. The molecule has 0 aliphatic carbocycles. The van der Waals surface area contributed by atoms with Gasteiger partial charge in [-0.3, -0.25) is 0 Å². The van der Waals surface area contributed by atoms with Crippen molar-refractivity contribution in [2.24, 2.45) is 0 Å². The number of aryl methyl sites for hydroxylation is 1. The van der Waals surface area contributed by atoms with Crippen molar-refractivity contribution in [2.75, 3.05) is 0 Å². The van der Waals surface area contributed by atoms with E-state index in [-0.39, 0.29) is 0 Å². The minimum Gasteiger partial charge on any atom is -0.228 e. The Morgan fingerprint density at radius 1 is 1.70 bits per heavy atom. The highest BCUT2D eigenvalue weighted by atomic mass is 127. The van der Waals surface area contributed by atoms with Crippen LogP contribution in [0.1, 0.15) is 5.56 Å². The Morgan fingerprint density at radius 3 is 2.80 bits per heavy atom. The summed E-state index contributed by atoms with van der Waals surface area (Å²) >= 11 is 11.2. The van der Waals surface area contributed by atoms with Crippen LogP contribution in [0.15, 0.2) is 10.7 Å². The molecule has 1 aromatic heterocycles. The van der Waals surface area contributed by atoms with Gasteiger partial charge in [-0.2, -0.15) is 0 Å². The first-order valence-corrected chi connectivity index (χ1v) is 4.84. The van der Waals surface area contributed by atoms with Gasteiger partial charge < -0.3 is 0 Å². The molecule has 0 radical (unpaired) electrons. The summed E-state index contributed by atoms with van der Waals surface area (Å²) in [5.41, 5.74) is 1.15. The first-order valence-electron chi connectivity index (χ1n) is 2.59. The van der Waals surface area contributed by atoms with Crippen LogP contribution in [0.5, 0.6) is 0 Å². The van der Waals surface area contributed by atoms with E-state index < -0.39 is 0 Å². The summed E-state index contributed by atoms with van der Waals surface area (Å²) in [5, 5.41) is 0.562. The van der Waals surface area contributed by atoms with E-state index in [1.165, 1.54) is 0 Å². The molecule has 0 amide bonds. The smallest absolute Gasteiger partial charge is 0.143 e. The van der Waals surface area contributed by atoms with Crippen molar-refractivity contribution < 1.29 is 0 Å². The summed E-state index contributed by atoms with van der Waals surface area (Å²) in [6.07, 6.45) is 0. The summed E-state index contributed by atoms with van der Waals surface area (Å²) in [7, 11) is 0. The second kappa shape index (κ2) is 3.36. The van der Waals surface area contributed by atoms with Crippen molar-refractivity contribution >= 4 is 50.1 Å². The van der Waals surface area contributed by atoms with Crippen molar-refractivity contribution in [1.82, 2.24) is 4.98 Å². The second-order valence-electron chi connectivity index (χ2n) is 1.87. The highest BCUT2D eigenvalue weighted by Gasteiger charge is 2.02. The Morgan fingerprint density at radius 2 is 2.30 bits per heavy atom. The van der Waals surface area contributed by atoms with Gasteiger partial charge in [-0.15, -0.1) is 0 Å². The van der Waals surface area contributed by atoms with Crippen LogP contribution in [0.3, 0.4) is 0 Å². The molecular weight excluding hydrogens is 328 g/mol. The molecule has 0 fully saturated rings. The highest BCUT2D eigenvalue weighted by Crippen LogP contribution is 2.22. The zero-order valence-corrected chi connectivity index (χ0v) is 9.66. The first kappa shape index (κ1) is 8.74. The summed E-state index contributed by atoms with van der Waals surface area (Å²) in [4.78, 5) is 4.01. The Hall–Kier alpha value is 0.650. The molecule has 0 saturated heterocycles. The van der Waals surface area contributed by atoms with Crippen LogP contribution >= 0.6 is 50.1 Å². The average Bonchev–Trinajstić information content (AvgIpc) is 1.82. The van der Waals surface area contributed by atoms with Crippen LogP contribution in [0.2, 0.25) is 5.15 Å². The van der Waals surface area contributed by atoms with Crippen LogP contribution in [-0.4, -0.2) is 4.98 Å². The molecule has 0 aliphatic rings. The lowest BCUT2D eigenvalue weighted by Crippen LogP contribution is -1.86. The van der Waals surface area contributed by atoms with Crippen LogP contribution in [0, 0.1) is 10.5 Å². The Bertz CT molecular complexity index is 241. The standard InChI is InChI=1S/C6H4BrClIN/c1-3-2-4(7)10-6(8)5(3)9/h2H,1H3. The van der Waals surface area contributed by atoms with Crippen LogP contribution in [0.4, 0.5) is 0 Å². The molecule has 10 heavy (non-hydrogen) atoms. The molecule has 0 atom stereocenters. The van der Waals surface area contributed by atoms with E-state index in [2.05, 4.69) is 43.5 Å². The summed E-state index contributed by atoms with van der Waals surface area (Å²) in [6.45, 7) is 2.00. The number of rotatable bonds is 0. The molecule has 4 heteroatoms. The van der Waals surface area contributed by atoms with Crippen molar-refractivity contribution in [3.8, 4) is 0 Å². The quantitative estimate of drug-likeness (QED) is 0.524. The first-order chi connectivity index (χ1) is 4.61. The highest BCUT2D eigenvalue weighted by molar-refractivity contribution is 14.1. The number of hydrogen-bond acceptors (Lipinski definition) is 1. The monoisotopic (exact) mass is 331 g/mol. The van der Waals surface area contributed by atoms with Crippen LogP contribution in [-0.2, 0) is 0 Å². The Labute approximate surface area is 86.4 Å². The van der Waals surface area contributed by atoms with Gasteiger partial charge in [-0.25, -0.2) is 4.98 Å². The van der Waals surface area contributed by atoms with Crippen molar-refractivity contribution in [3.63, 3.8) is 0 Å². The number of nitrogens with zero attached hydrogens (tertiary/aromatic N) is 1. The number of halogens is 3. The summed E-state index contributed by atoms with van der Waals surface area (Å²) < 4.78 is 1.80. The minimum absolute atomic E-state index is 0.562. The average molecular weight is 332 g/mol. The van der Waals surface area contributed by atoms with Crippen molar-refractivity contribution in [2.45, 2.75) is 6.92 Å². The Kier molecular flexibility index (Phi) is 2.94. The molecule has 0 N–H and O–H groups in total. The maximum Gasteiger partial charge on any atom is 0.143 e. The van der Waals surface area contributed by atoms with E-state index in [1.807, 2.05) is 13.0 Å². The van der Waals surface area contributed by atoms with E-state index in [9.17, 15) is 0 Å². The van der Waals surface area contributed by atoms with Crippen molar-refractivity contribution in [3.05, 3.63) is 25.0 Å². The molecule has 1 rings (SSSR count). The molecule has 1 heterocycles. The van der Waals surface area contributed by atoms with Gasteiger partial charge in [-0.05, 0) is 57.1 Å². The molecule has 0 unspecified atom stereocenters. The zero-order chi connectivity index (χ0) is 7.72. The molecule has 54 valence electrons. The lowest BCUT2D eigenvalue weighted by Gasteiger charge is -1.99. The van der Waals surface area contributed by atoms with E-state index in [0.717, 1.165) is 13.7 Å². The Balaban J connectivity index is 3.31. The minimum atomic E-state index is 0.562. The van der Waals surface area contributed by atoms with Gasteiger partial charge in [0.1, 0.15) is 9.76 Å². The lowest BCUT2D eigenvalue weighted by atomic mass is 10.3. The van der Waals surface area contributed by atoms with Gasteiger partial charge in [-0.1, -0.05) is 11.6 Å². The molecule has 1 aromatic rings. The van der Waals surface area contributed by atoms with Crippen LogP contribution in [0.25, 0.3) is 0 Å². The van der Waals surface area contributed by atoms with E-state index in [0.29, 0.717) is 5.15 Å². The van der Waals surface area contributed by atoms with E-state index in [1.54, 1.807) is 0 Å². The number of pyridine rings is 1. The van der Waals surface area contributed by atoms with Gasteiger partial charge in [0.15, 0.2) is 0 Å². The fraction of sp³-hybridized carbons (Fsp3) is 0.167. The SMILES string of the molecule is Cc1cc(Br)nc(Cl)c1I. The number of hydrogen-bond donors (Lipinski definition) is 0. The zero-order valence-electron chi connectivity index (χ0n) is 5.16. The predicted molar refractivity (Wildman–Crippen MR) is 54.4 cm³/mol. The fourth-order valence-electron chi connectivity index (χ4n) is 0.580. The second-order valence-corrected chi connectivity index (χ2v) is 4.12. The third kappa shape index (κ3) is 1.83. The fourth-order valence-corrected chi connectivity index (χ4v) is 1.72. The number of aromatic nitrogens is 1. The normalized spacial score (nSPS) is 10.0. The third-order valence-corrected chi connectivity index (χ3v) is 3.43.